The molecule has 26 heavy (non-hydrogen) atoms. The van der Waals surface area contributed by atoms with Gasteiger partial charge in [0.05, 0.1) is 6.54 Å². The summed E-state index contributed by atoms with van der Waals surface area (Å²) in [6.45, 7) is 2.72. The lowest BCUT2D eigenvalue weighted by Crippen LogP contribution is -2.62. The van der Waals surface area contributed by atoms with Crippen molar-refractivity contribution in [1.29, 1.82) is 0 Å². The van der Waals surface area contributed by atoms with E-state index < -0.39 is 5.54 Å². The molecule has 1 aromatic heterocycles. The van der Waals surface area contributed by atoms with Crippen LogP contribution >= 0.6 is 0 Å². The number of hydrogen-bond donors (Lipinski definition) is 1. The second-order valence-corrected chi connectivity index (χ2v) is 7.01. The number of carbonyl (C=O) groups excluding carboxylic acids is 2. The van der Waals surface area contributed by atoms with Gasteiger partial charge in [-0.1, -0.05) is 18.2 Å². The molecule has 0 aliphatic carbocycles. The van der Waals surface area contributed by atoms with Gasteiger partial charge in [-0.25, -0.2) is 0 Å². The molecule has 0 radical (unpaired) electrons. The van der Waals surface area contributed by atoms with Crippen LogP contribution in [0.2, 0.25) is 0 Å². The Morgan fingerprint density at radius 1 is 1.15 bits per heavy atom. The molecular weight excluding hydrogens is 330 g/mol. The van der Waals surface area contributed by atoms with Crippen molar-refractivity contribution < 1.29 is 14.0 Å². The normalized spacial score (nSPS) is 19.9. The first-order chi connectivity index (χ1) is 12.4. The maximum Gasteiger partial charge on any atom is 0.289 e. The Kier molecular flexibility index (Phi) is 5.02. The molecule has 6 nitrogen and oxygen atoms in total. The van der Waals surface area contributed by atoms with E-state index in [4.69, 9.17) is 4.42 Å². The highest BCUT2D eigenvalue weighted by atomic mass is 16.3. The number of aryl methyl sites for hydroxylation is 1. The fourth-order valence-corrected chi connectivity index (χ4v) is 3.49. The van der Waals surface area contributed by atoms with Gasteiger partial charge in [0.25, 0.3) is 5.91 Å². The topological polar surface area (TPSA) is 65.8 Å². The quantitative estimate of drug-likeness (QED) is 0.916. The van der Waals surface area contributed by atoms with Crippen molar-refractivity contribution >= 4 is 17.5 Å². The lowest BCUT2D eigenvalue weighted by Gasteiger charge is -2.43. The maximum absolute atomic E-state index is 13.0. The fraction of sp³-hybridized carbons (Fsp3) is 0.400. The molecule has 1 N–H and O–H groups in total. The van der Waals surface area contributed by atoms with Gasteiger partial charge < -0.3 is 19.5 Å². The molecule has 2 aromatic rings. The summed E-state index contributed by atoms with van der Waals surface area (Å²) in [6.07, 6.45) is 1.41. The summed E-state index contributed by atoms with van der Waals surface area (Å²) in [6, 6.07) is 13.1. The molecule has 2 heterocycles. The number of likely N-dealkylation sites (N-methyl/N-ethyl adjacent to an activating group) is 1. The Bertz CT molecular complexity index is 785. The highest BCUT2D eigenvalue weighted by molar-refractivity contribution is 5.94. The van der Waals surface area contributed by atoms with Crippen LogP contribution in [-0.2, 0) is 4.79 Å². The summed E-state index contributed by atoms with van der Waals surface area (Å²) in [5, 5.41) is 3.40. The third-order valence-electron chi connectivity index (χ3n) is 4.70. The molecule has 1 atom stereocenters. The monoisotopic (exact) mass is 355 g/mol. The summed E-state index contributed by atoms with van der Waals surface area (Å²) in [5.74, 6) is 0.803. The summed E-state index contributed by atoms with van der Waals surface area (Å²) < 4.78 is 5.49. The SMILES string of the molecule is Cc1ccc(C(=O)N2CCCC(Nc3ccccc3)(C(=O)N(C)C)C2)o1. The van der Waals surface area contributed by atoms with Crippen LogP contribution < -0.4 is 5.32 Å². The summed E-state index contributed by atoms with van der Waals surface area (Å²) in [7, 11) is 3.49. The molecule has 1 aromatic carbocycles. The van der Waals surface area contributed by atoms with E-state index in [1.807, 2.05) is 37.3 Å². The van der Waals surface area contributed by atoms with Crippen molar-refractivity contribution in [3.8, 4) is 0 Å². The minimum absolute atomic E-state index is 0.0329. The van der Waals surface area contributed by atoms with Gasteiger partial charge in [0.1, 0.15) is 11.3 Å². The van der Waals surface area contributed by atoms with Gasteiger partial charge in [-0.05, 0) is 44.0 Å². The number of para-hydroxylation sites is 1. The summed E-state index contributed by atoms with van der Waals surface area (Å²) >= 11 is 0. The van der Waals surface area contributed by atoms with Crippen LogP contribution in [0.3, 0.4) is 0 Å². The van der Waals surface area contributed by atoms with E-state index in [0.717, 1.165) is 12.1 Å². The van der Waals surface area contributed by atoms with E-state index in [-0.39, 0.29) is 11.8 Å². The first kappa shape index (κ1) is 18.0. The van der Waals surface area contributed by atoms with Crippen LogP contribution in [0.5, 0.6) is 0 Å². The Balaban J connectivity index is 1.88. The van der Waals surface area contributed by atoms with E-state index >= 15 is 0 Å². The second kappa shape index (κ2) is 7.23. The number of carbonyl (C=O) groups is 2. The lowest BCUT2D eigenvalue weighted by molar-refractivity contribution is -0.135. The first-order valence-corrected chi connectivity index (χ1v) is 8.82. The standard InChI is InChI=1S/C20H25N3O3/c1-15-10-11-17(26-15)18(24)23-13-7-12-20(14-23,19(25)22(2)3)21-16-8-5-4-6-9-16/h4-6,8-11,21H,7,12-14H2,1-3H3. The van der Waals surface area contributed by atoms with Gasteiger partial charge in [-0.15, -0.1) is 0 Å². The number of likely N-dealkylation sites (tertiary alicyclic amines) is 1. The number of benzene rings is 1. The van der Waals surface area contributed by atoms with E-state index in [2.05, 4.69) is 5.32 Å². The van der Waals surface area contributed by atoms with Gasteiger partial charge in [0.15, 0.2) is 5.76 Å². The zero-order valence-corrected chi connectivity index (χ0v) is 15.5. The predicted molar refractivity (Wildman–Crippen MR) is 100 cm³/mol. The number of nitrogens with one attached hydrogen (secondary N) is 1. The van der Waals surface area contributed by atoms with E-state index in [9.17, 15) is 9.59 Å². The molecule has 3 rings (SSSR count). The average Bonchev–Trinajstić information content (AvgIpc) is 3.07. The number of anilines is 1. The number of hydrogen-bond acceptors (Lipinski definition) is 4. The Hall–Kier alpha value is -2.76. The van der Waals surface area contributed by atoms with Gasteiger partial charge in [0, 0.05) is 26.3 Å². The highest BCUT2D eigenvalue weighted by Crippen LogP contribution is 2.29. The maximum atomic E-state index is 13.0. The zero-order chi connectivity index (χ0) is 18.7. The van der Waals surface area contributed by atoms with Crippen molar-refractivity contribution in [2.24, 2.45) is 0 Å². The van der Waals surface area contributed by atoms with Crippen molar-refractivity contribution in [1.82, 2.24) is 9.80 Å². The number of amides is 2. The molecule has 2 amide bonds. The van der Waals surface area contributed by atoms with Crippen LogP contribution in [0.25, 0.3) is 0 Å². The average molecular weight is 355 g/mol. The predicted octanol–water partition coefficient (Wildman–Crippen LogP) is 2.76. The lowest BCUT2D eigenvalue weighted by atomic mass is 9.86. The molecule has 0 spiro atoms. The number of nitrogens with zero attached hydrogens (tertiary/aromatic N) is 2. The molecule has 1 aliphatic heterocycles. The van der Waals surface area contributed by atoms with Crippen molar-refractivity contribution in [3.05, 3.63) is 54.0 Å². The van der Waals surface area contributed by atoms with E-state index in [0.29, 0.717) is 31.0 Å². The van der Waals surface area contributed by atoms with Crippen molar-refractivity contribution in [2.75, 3.05) is 32.5 Å². The Morgan fingerprint density at radius 3 is 2.50 bits per heavy atom. The molecule has 1 saturated heterocycles. The van der Waals surface area contributed by atoms with Gasteiger partial charge in [-0.2, -0.15) is 0 Å². The molecule has 1 fully saturated rings. The smallest absolute Gasteiger partial charge is 0.289 e. The Morgan fingerprint density at radius 2 is 1.88 bits per heavy atom. The van der Waals surface area contributed by atoms with E-state index in [1.54, 1.807) is 36.0 Å². The van der Waals surface area contributed by atoms with Gasteiger partial charge >= 0.3 is 0 Å². The zero-order valence-electron chi connectivity index (χ0n) is 15.5. The molecule has 0 bridgehead atoms. The van der Waals surface area contributed by atoms with Crippen LogP contribution in [0.1, 0.15) is 29.2 Å². The minimum atomic E-state index is -0.847. The molecule has 138 valence electrons. The van der Waals surface area contributed by atoms with Crippen LogP contribution in [-0.4, -0.2) is 54.3 Å². The van der Waals surface area contributed by atoms with E-state index in [1.165, 1.54) is 0 Å². The van der Waals surface area contributed by atoms with Crippen LogP contribution in [0.4, 0.5) is 5.69 Å². The van der Waals surface area contributed by atoms with Crippen LogP contribution in [0.15, 0.2) is 46.9 Å². The molecule has 1 unspecified atom stereocenters. The summed E-state index contributed by atoms with van der Waals surface area (Å²) in [4.78, 5) is 29.2. The third-order valence-corrected chi connectivity index (χ3v) is 4.70. The second-order valence-electron chi connectivity index (χ2n) is 7.01. The molecular formula is C20H25N3O3. The van der Waals surface area contributed by atoms with Crippen molar-refractivity contribution in [3.63, 3.8) is 0 Å². The Labute approximate surface area is 153 Å². The first-order valence-electron chi connectivity index (χ1n) is 8.82. The number of piperidine rings is 1. The van der Waals surface area contributed by atoms with Crippen LogP contribution in [0, 0.1) is 6.92 Å². The largest absolute Gasteiger partial charge is 0.456 e. The third kappa shape index (κ3) is 3.59. The minimum Gasteiger partial charge on any atom is -0.456 e. The number of furan rings is 1. The fourth-order valence-electron chi connectivity index (χ4n) is 3.49. The summed E-state index contributed by atoms with van der Waals surface area (Å²) in [5.41, 5.74) is 0.0197. The molecule has 1 aliphatic rings. The molecule has 6 heteroatoms. The molecule has 0 saturated carbocycles. The van der Waals surface area contributed by atoms with Gasteiger partial charge in [-0.3, -0.25) is 9.59 Å². The van der Waals surface area contributed by atoms with Gasteiger partial charge in [0.2, 0.25) is 5.91 Å². The highest BCUT2D eigenvalue weighted by Gasteiger charge is 2.44. The van der Waals surface area contributed by atoms with Crippen molar-refractivity contribution in [2.45, 2.75) is 25.3 Å². The number of rotatable bonds is 4.